The van der Waals surface area contributed by atoms with Crippen molar-refractivity contribution >= 4 is 57.2 Å². The van der Waals surface area contributed by atoms with Crippen LogP contribution in [0.5, 0.6) is 11.5 Å². The highest BCUT2D eigenvalue weighted by molar-refractivity contribution is 9.10. The molecule has 1 fully saturated rings. The second-order valence-electron chi connectivity index (χ2n) is 7.83. The smallest absolute Gasteiger partial charge is 0.329 e. The minimum absolute atomic E-state index is 0.0668. The van der Waals surface area contributed by atoms with Gasteiger partial charge in [-0.15, -0.1) is 0 Å². The van der Waals surface area contributed by atoms with Crippen LogP contribution in [0.15, 0.2) is 39.9 Å². The van der Waals surface area contributed by atoms with Crippen molar-refractivity contribution in [3.63, 3.8) is 0 Å². The lowest BCUT2D eigenvalue weighted by molar-refractivity contribution is -0.139. The Hall–Kier alpha value is -3.15. The zero-order valence-electron chi connectivity index (χ0n) is 19.7. The van der Waals surface area contributed by atoms with Gasteiger partial charge in [-0.1, -0.05) is 17.7 Å². The van der Waals surface area contributed by atoms with Crippen LogP contribution in [0, 0.1) is 6.92 Å². The summed E-state index contributed by atoms with van der Waals surface area (Å²) in [5, 5.41) is 9.64. The average molecular weight is 582 g/mol. The molecule has 0 unspecified atom stereocenters. The van der Waals surface area contributed by atoms with Crippen molar-refractivity contribution in [3.8, 4) is 11.5 Å². The zero-order valence-corrected chi connectivity index (χ0v) is 22.1. The molecule has 0 aromatic heterocycles. The topological polar surface area (TPSA) is 127 Å². The van der Waals surface area contributed by atoms with Crippen LogP contribution in [0.2, 0.25) is 5.02 Å². The molecule has 0 spiro atoms. The van der Waals surface area contributed by atoms with Gasteiger partial charge in [0.15, 0.2) is 18.1 Å². The Morgan fingerprint density at radius 1 is 1.28 bits per heavy atom. The number of ether oxygens (including phenoxy) is 3. The summed E-state index contributed by atoms with van der Waals surface area (Å²) in [4.78, 5) is 36.2. The van der Waals surface area contributed by atoms with Crippen molar-refractivity contribution in [2.45, 2.75) is 25.9 Å². The van der Waals surface area contributed by atoms with E-state index in [0.717, 1.165) is 18.4 Å². The zero-order chi connectivity index (χ0) is 26.1. The molecule has 1 aliphatic rings. The fourth-order valence-corrected chi connectivity index (χ4v) is 4.08. The van der Waals surface area contributed by atoms with E-state index in [-0.39, 0.29) is 25.2 Å². The molecule has 3 rings (SSSR count). The Morgan fingerprint density at radius 3 is 2.81 bits per heavy atom. The van der Waals surface area contributed by atoms with E-state index in [9.17, 15) is 14.4 Å². The molecule has 10 nitrogen and oxygen atoms in total. The molecule has 1 aliphatic heterocycles. The van der Waals surface area contributed by atoms with Crippen LogP contribution in [-0.4, -0.2) is 56.9 Å². The van der Waals surface area contributed by atoms with Crippen LogP contribution in [0.3, 0.4) is 0 Å². The lowest BCUT2D eigenvalue weighted by Gasteiger charge is -2.14. The number of hydrogen-bond acceptors (Lipinski definition) is 7. The summed E-state index contributed by atoms with van der Waals surface area (Å²) in [5.74, 6) is -1.42. The lowest BCUT2D eigenvalue weighted by atomic mass is 10.2. The molecule has 0 saturated carbocycles. The average Bonchev–Trinajstić information content (AvgIpc) is 3.38. The van der Waals surface area contributed by atoms with Gasteiger partial charge in [0.1, 0.15) is 0 Å². The Morgan fingerprint density at radius 2 is 2.08 bits per heavy atom. The summed E-state index contributed by atoms with van der Waals surface area (Å²) in [5.41, 5.74) is 4.07. The number of halogens is 2. The molecule has 3 amide bonds. The second-order valence-corrected chi connectivity index (χ2v) is 9.09. The predicted molar refractivity (Wildman–Crippen MR) is 139 cm³/mol. The quantitative estimate of drug-likeness (QED) is 0.237. The van der Waals surface area contributed by atoms with E-state index >= 15 is 0 Å². The third-order valence-electron chi connectivity index (χ3n) is 5.24. The van der Waals surface area contributed by atoms with Crippen molar-refractivity contribution in [1.29, 1.82) is 0 Å². The summed E-state index contributed by atoms with van der Waals surface area (Å²) in [7, 11) is 1.45. The number of carbonyl (C=O) groups excluding carboxylic acids is 3. The largest absolute Gasteiger partial charge is 0.493 e. The standard InChI is InChI=1S/C24H26BrClN4O6/c1-14-18(26)6-3-7-19(14)29-21(31)13-36-22-17(25)9-15(10-20(22)34-2)11-28-30-24(33)23(32)27-12-16-5-4-8-35-16/h3,6-7,9-11,16H,4-5,8,12-13H2,1-2H3,(H,27,32)(H,29,31)(H,30,33)/b28-11-/t16-/m1/s1. The third kappa shape index (κ3) is 7.67. The molecule has 1 heterocycles. The Bertz CT molecular complexity index is 1150. The normalized spacial score (nSPS) is 14.9. The number of nitrogens with one attached hydrogen (secondary N) is 3. The summed E-state index contributed by atoms with van der Waals surface area (Å²) in [6.45, 7) is 2.47. The molecule has 36 heavy (non-hydrogen) atoms. The molecule has 3 N–H and O–H groups in total. The molecule has 0 aliphatic carbocycles. The van der Waals surface area contributed by atoms with Crippen molar-refractivity contribution in [2.24, 2.45) is 5.10 Å². The number of hydrogen-bond donors (Lipinski definition) is 3. The van der Waals surface area contributed by atoms with Gasteiger partial charge in [-0.05, 0) is 71.1 Å². The molecule has 12 heteroatoms. The minimum Gasteiger partial charge on any atom is -0.493 e. The highest BCUT2D eigenvalue weighted by Gasteiger charge is 2.19. The Kier molecular flexibility index (Phi) is 10.1. The highest BCUT2D eigenvalue weighted by atomic mass is 79.9. The van der Waals surface area contributed by atoms with E-state index in [4.69, 9.17) is 25.8 Å². The van der Waals surface area contributed by atoms with Gasteiger partial charge in [0.2, 0.25) is 0 Å². The van der Waals surface area contributed by atoms with E-state index in [1.54, 1.807) is 37.3 Å². The molecule has 1 saturated heterocycles. The van der Waals surface area contributed by atoms with Crippen LogP contribution in [0.25, 0.3) is 0 Å². The number of benzene rings is 2. The van der Waals surface area contributed by atoms with Crippen molar-refractivity contribution in [3.05, 3.63) is 51.0 Å². The van der Waals surface area contributed by atoms with E-state index in [1.165, 1.54) is 13.3 Å². The molecule has 0 bridgehead atoms. The third-order valence-corrected chi connectivity index (χ3v) is 6.24. The van der Waals surface area contributed by atoms with Crippen LogP contribution < -0.4 is 25.5 Å². The van der Waals surface area contributed by atoms with Gasteiger partial charge in [-0.2, -0.15) is 5.10 Å². The van der Waals surface area contributed by atoms with Crippen LogP contribution >= 0.6 is 27.5 Å². The van der Waals surface area contributed by atoms with Gasteiger partial charge >= 0.3 is 11.8 Å². The Balaban J connectivity index is 1.54. The number of carbonyl (C=O) groups is 3. The van der Waals surface area contributed by atoms with Gasteiger partial charge in [0, 0.05) is 23.9 Å². The number of anilines is 1. The summed E-state index contributed by atoms with van der Waals surface area (Å²) in [6, 6.07) is 8.49. The van der Waals surface area contributed by atoms with E-state index in [1.807, 2.05) is 0 Å². The number of methoxy groups -OCH3 is 1. The first-order chi connectivity index (χ1) is 17.3. The van der Waals surface area contributed by atoms with Gasteiger partial charge < -0.3 is 24.8 Å². The van der Waals surface area contributed by atoms with Crippen molar-refractivity contribution < 1.29 is 28.6 Å². The second kappa shape index (κ2) is 13.2. The molecule has 192 valence electrons. The SMILES string of the molecule is COc1cc(/C=N\NC(=O)C(=O)NC[C@H]2CCCO2)cc(Br)c1OCC(=O)Nc1cccc(Cl)c1C. The van der Waals surface area contributed by atoms with Crippen molar-refractivity contribution in [2.75, 3.05) is 32.2 Å². The van der Waals surface area contributed by atoms with Crippen molar-refractivity contribution in [1.82, 2.24) is 10.7 Å². The van der Waals surface area contributed by atoms with Gasteiger partial charge in [-0.3, -0.25) is 14.4 Å². The van der Waals surface area contributed by atoms with Crippen LogP contribution in [-0.2, 0) is 19.1 Å². The molecular weight excluding hydrogens is 556 g/mol. The van der Waals surface area contributed by atoms with Gasteiger partial charge in [0.25, 0.3) is 5.91 Å². The maximum Gasteiger partial charge on any atom is 0.329 e. The van der Waals surface area contributed by atoms with Gasteiger partial charge in [-0.25, -0.2) is 5.43 Å². The number of nitrogens with zero attached hydrogens (tertiary/aromatic N) is 1. The predicted octanol–water partition coefficient (Wildman–Crippen LogP) is 3.18. The van der Waals surface area contributed by atoms with E-state index < -0.39 is 11.8 Å². The van der Waals surface area contributed by atoms with E-state index in [2.05, 4.69) is 37.1 Å². The fourth-order valence-electron chi connectivity index (χ4n) is 3.33. The van der Waals surface area contributed by atoms with Gasteiger partial charge in [0.05, 0.1) is 23.9 Å². The van der Waals surface area contributed by atoms with Crippen LogP contribution in [0.1, 0.15) is 24.0 Å². The summed E-state index contributed by atoms with van der Waals surface area (Å²) in [6.07, 6.45) is 3.07. The molecule has 2 aromatic carbocycles. The number of rotatable bonds is 9. The molecule has 1 atom stereocenters. The first kappa shape index (κ1) is 27.4. The highest BCUT2D eigenvalue weighted by Crippen LogP contribution is 2.36. The first-order valence-electron chi connectivity index (χ1n) is 11.1. The van der Waals surface area contributed by atoms with Crippen LogP contribution in [0.4, 0.5) is 5.69 Å². The maximum atomic E-state index is 12.4. The fraction of sp³-hybridized carbons (Fsp3) is 0.333. The summed E-state index contributed by atoms with van der Waals surface area (Å²) >= 11 is 9.48. The summed E-state index contributed by atoms with van der Waals surface area (Å²) < 4.78 is 16.9. The number of hydrazone groups is 1. The first-order valence-corrected chi connectivity index (χ1v) is 12.2. The molecule has 0 radical (unpaired) electrons. The maximum absolute atomic E-state index is 12.4. The number of amides is 3. The monoisotopic (exact) mass is 580 g/mol. The van der Waals surface area contributed by atoms with E-state index in [0.29, 0.717) is 38.9 Å². The minimum atomic E-state index is -0.892. The lowest BCUT2D eigenvalue weighted by Crippen LogP contribution is -2.41. The Labute approximate surface area is 221 Å². The molecular formula is C24H26BrClN4O6. The molecule has 2 aromatic rings.